The Morgan fingerprint density at radius 1 is 1.37 bits per heavy atom. The summed E-state index contributed by atoms with van der Waals surface area (Å²) in [5.41, 5.74) is 1.50. The number of likely N-dealkylation sites (N-methyl/N-ethyl adjacent to an activating group) is 2. The molecule has 5 heteroatoms. The molecule has 0 saturated carbocycles. The molecule has 1 amide bonds. The lowest BCUT2D eigenvalue weighted by molar-refractivity contribution is -0.129. The highest BCUT2D eigenvalue weighted by atomic mass is 79.9. The van der Waals surface area contributed by atoms with E-state index in [1.165, 1.54) is 0 Å². The van der Waals surface area contributed by atoms with Crippen molar-refractivity contribution in [3.05, 3.63) is 28.2 Å². The van der Waals surface area contributed by atoms with Crippen molar-refractivity contribution in [1.82, 2.24) is 4.90 Å². The predicted octanol–water partition coefficient (Wildman–Crippen LogP) is 2.63. The molecule has 0 N–H and O–H groups in total. The number of hydrogen-bond acceptors (Lipinski definition) is 3. The third-order valence-electron chi connectivity index (χ3n) is 2.98. The van der Waals surface area contributed by atoms with Crippen molar-refractivity contribution in [2.45, 2.75) is 13.8 Å². The highest BCUT2D eigenvalue weighted by Gasteiger charge is 2.14. The highest BCUT2D eigenvalue weighted by molar-refractivity contribution is 9.10. The van der Waals surface area contributed by atoms with Gasteiger partial charge in [-0.3, -0.25) is 4.79 Å². The fourth-order valence-corrected chi connectivity index (χ4v) is 2.53. The van der Waals surface area contributed by atoms with Gasteiger partial charge in [0.2, 0.25) is 5.91 Å². The van der Waals surface area contributed by atoms with Crippen molar-refractivity contribution in [1.29, 1.82) is 5.26 Å². The number of halogens is 1. The normalized spacial score (nSPS) is 9.84. The summed E-state index contributed by atoms with van der Waals surface area (Å²) in [4.78, 5) is 15.7. The van der Waals surface area contributed by atoms with Crippen LogP contribution in [-0.4, -0.2) is 37.5 Å². The van der Waals surface area contributed by atoms with Crippen LogP contribution in [0.25, 0.3) is 0 Å². The summed E-state index contributed by atoms with van der Waals surface area (Å²) in [5, 5.41) is 8.83. The van der Waals surface area contributed by atoms with Crippen molar-refractivity contribution in [3.8, 4) is 6.07 Å². The molecule has 0 spiro atoms. The van der Waals surface area contributed by atoms with E-state index in [0.717, 1.165) is 23.2 Å². The van der Waals surface area contributed by atoms with Gasteiger partial charge in [-0.15, -0.1) is 0 Å². The van der Waals surface area contributed by atoms with Gasteiger partial charge in [0.15, 0.2) is 0 Å². The summed E-state index contributed by atoms with van der Waals surface area (Å²) in [6.07, 6.45) is 0. The van der Waals surface area contributed by atoms with E-state index in [0.29, 0.717) is 12.1 Å². The SMILES string of the molecule is CCN(CC)C(=O)CN(C)c1ccc(C#N)cc1Br. The van der Waals surface area contributed by atoms with Gasteiger partial charge in [-0.25, -0.2) is 0 Å². The molecule has 0 unspecified atom stereocenters. The van der Waals surface area contributed by atoms with Crippen LogP contribution in [0.4, 0.5) is 5.69 Å². The van der Waals surface area contributed by atoms with E-state index < -0.39 is 0 Å². The smallest absolute Gasteiger partial charge is 0.242 e. The van der Waals surface area contributed by atoms with Gasteiger partial charge in [-0.05, 0) is 48.0 Å². The average Bonchev–Trinajstić information content (AvgIpc) is 2.39. The molecule has 4 nitrogen and oxygen atoms in total. The Kier molecular flexibility index (Phi) is 5.84. The van der Waals surface area contributed by atoms with Crippen molar-refractivity contribution in [3.63, 3.8) is 0 Å². The van der Waals surface area contributed by atoms with Crippen molar-refractivity contribution >= 4 is 27.5 Å². The Balaban J connectivity index is 2.81. The number of rotatable bonds is 5. The van der Waals surface area contributed by atoms with Crippen LogP contribution in [0.15, 0.2) is 22.7 Å². The van der Waals surface area contributed by atoms with E-state index in [-0.39, 0.29) is 5.91 Å². The van der Waals surface area contributed by atoms with Crippen LogP contribution in [0.2, 0.25) is 0 Å². The van der Waals surface area contributed by atoms with Crippen molar-refractivity contribution < 1.29 is 4.79 Å². The van der Waals surface area contributed by atoms with E-state index in [9.17, 15) is 4.79 Å². The first-order valence-electron chi connectivity index (χ1n) is 6.22. The number of nitriles is 1. The molecule has 1 aromatic carbocycles. The maximum absolute atomic E-state index is 12.0. The minimum absolute atomic E-state index is 0.101. The van der Waals surface area contributed by atoms with E-state index in [1.807, 2.05) is 31.9 Å². The van der Waals surface area contributed by atoms with Crippen LogP contribution < -0.4 is 4.90 Å². The van der Waals surface area contributed by atoms with E-state index >= 15 is 0 Å². The summed E-state index contributed by atoms with van der Waals surface area (Å²) in [6, 6.07) is 7.44. The molecule has 0 saturated heterocycles. The van der Waals surface area contributed by atoms with Gasteiger partial charge in [-0.1, -0.05) is 0 Å². The molecule has 1 rings (SSSR count). The Morgan fingerprint density at radius 2 is 2.00 bits per heavy atom. The lowest BCUT2D eigenvalue weighted by atomic mass is 10.2. The number of anilines is 1. The fraction of sp³-hybridized carbons (Fsp3) is 0.429. The Morgan fingerprint density at radius 3 is 2.47 bits per heavy atom. The largest absolute Gasteiger partial charge is 0.364 e. The highest BCUT2D eigenvalue weighted by Crippen LogP contribution is 2.26. The molecule has 0 aliphatic carbocycles. The van der Waals surface area contributed by atoms with Crippen molar-refractivity contribution in [2.24, 2.45) is 0 Å². The first-order chi connectivity index (χ1) is 9.03. The van der Waals surface area contributed by atoms with Crippen LogP contribution in [0.3, 0.4) is 0 Å². The second kappa shape index (κ2) is 7.15. The summed E-state index contributed by atoms with van der Waals surface area (Å²) >= 11 is 3.43. The Labute approximate surface area is 122 Å². The maximum atomic E-state index is 12.0. The van der Waals surface area contributed by atoms with Gasteiger partial charge < -0.3 is 9.80 Å². The maximum Gasteiger partial charge on any atom is 0.242 e. The van der Waals surface area contributed by atoms with Crippen LogP contribution in [0, 0.1) is 11.3 Å². The van der Waals surface area contributed by atoms with Crippen LogP contribution in [0.5, 0.6) is 0 Å². The molecule has 0 fully saturated rings. The minimum atomic E-state index is 0.101. The van der Waals surface area contributed by atoms with Gasteiger partial charge >= 0.3 is 0 Å². The number of nitrogens with zero attached hydrogens (tertiary/aromatic N) is 3. The second-order valence-corrected chi connectivity index (χ2v) is 5.05. The molecule has 0 aliphatic rings. The third-order valence-corrected chi connectivity index (χ3v) is 3.61. The molecular formula is C14H18BrN3O. The van der Waals surface area contributed by atoms with Gasteiger partial charge in [0.25, 0.3) is 0 Å². The first-order valence-corrected chi connectivity index (χ1v) is 7.01. The van der Waals surface area contributed by atoms with Gasteiger partial charge in [-0.2, -0.15) is 5.26 Å². The molecule has 19 heavy (non-hydrogen) atoms. The van der Waals surface area contributed by atoms with E-state index in [2.05, 4.69) is 22.0 Å². The number of hydrogen-bond donors (Lipinski definition) is 0. The summed E-state index contributed by atoms with van der Waals surface area (Å²) in [6.45, 7) is 5.71. The quantitative estimate of drug-likeness (QED) is 0.836. The lowest BCUT2D eigenvalue weighted by Gasteiger charge is -2.25. The van der Waals surface area contributed by atoms with E-state index in [4.69, 9.17) is 5.26 Å². The molecule has 1 aromatic rings. The predicted molar refractivity (Wildman–Crippen MR) is 80.1 cm³/mol. The molecule has 102 valence electrons. The molecule has 0 aliphatic heterocycles. The molecular weight excluding hydrogens is 306 g/mol. The standard InChI is InChI=1S/C14H18BrN3O/c1-4-18(5-2)14(19)10-17(3)13-7-6-11(9-16)8-12(13)15/h6-8H,4-5,10H2,1-3H3. The first kappa shape index (κ1) is 15.5. The monoisotopic (exact) mass is 323 g/mol. The third kappa shape index (κ3) is 3.97. The second-order valence-electron chi connectivity index (χ2n) is 4.20. The van der Waals surface area contributed by atoms with Crippen LogP contribution in [-0.2, 0) is 4.79 Å². The van der Waals surface area contributed by atoms with Crippen LogP contribution in [0.1, 0.15) is 19.4 Å². The average molecular weight is 324 g/mol. The van der Waals surface area contributed by atoms with Crippen molar-refractivity contribution in [2.75, 3.05) is 31.6 Å². The van der Waals surface area contributed by atoms with Gasteiger partial charge in [0.05, 0.1) is 23.9 Å². The number of benzene rings is 1. The number of carbonyl (C=O) groups excluding carboxylic acids is 1. The molecule has 0 bridgehead atoms. The summed E-state index contributed by atoms with van der Waals surface area (Å²) in [7, 11) is 1.87. The molecule has 0 atom stereocenters. The Bertz CT molecular complexity index is 492. The summed E-state index contributed by atoms with van der Waals surface area (Å²) in [5.74, 6) is 0.101. The molecule has 0 radical (unpaired) electrons. The summed E-state index contributed by atoms with van der Waals surface area (Å²) < 4.78 is 0.821. The Hall–Kier alpha value is -1.54. The van der Waals surface area contributed by atoms with E-state index in [1.54, 1.807) is 17.0 Å². The lowest BCUT2D eigenvalue weighted by Crippen LogP contribution is -2.38. The molecule has 0 heterocycles. The topological polar surface area (TPSA) is 47.3 Å². The van der Waals surface area contributed by atoms with Gasteiger partial charge in [0.1, 0.15) is 0 Å². The molecule has 0 aromatic heterocycles. The van der Waals surface area contributed by atoms with Crippen LogP contribution >= 0.6 is 15.9 Å². The number of amides is 1. The van der Waals surface area contributed by atoms with Gasteiger partial charge in [0, 0.05) is 24.6 Å². The number of carbonyl (C=O) groups is 1. The fourth-order valence-electron chi connectivity index (χ4n) is 1.85. The minimum Gasteiger partial charge on any atom is -0.364 e. The zero-order chi connectivity index (χ0) is 14.4. The zero-order valence-corrected chi connectivity index (χ0v) is 13.1. The zero-order valence-electron chi connectivity index (χ0n) is 11.5.